The average molecular weight is 673 g/mol. The Morgan fingerprint density at radius 1 is 0.612 bits per heavy atom. The Balaban J connectivity index is 1.07. The highest BCUT2D eigenvalue weighted by Gasteiger charge is 2.32. The number of nitrogens with zero attached hydrogens (tertiary/aromatic N) is 4. The molecule has 0 saturated carbocycles. The van der Waals surface area contributed by atoms with Crippen LogP contribution in [0.3, 0.4) is 0 Å². The van der Waals surface area contributed by atoms with Crippen LogP contribution >= 0.6 is 0 Å². The maximum absolute atomic E-state index is 13.2. The van der Waals surface area contributed by atoms with Crippen molar-refractivity contribution in [1.82, 2.24) is 62.9 Å². The standard InChI is InChI=1S/C35H52N12O2/c1-34-21-36-14-17-39-24-35(25-40-18-15-37-22-34,26-41-19-16-38-23-34)43-31(49)9-5-8-30(48)42-20-27-10-12-29(13-11-27)33-46-44-32(45-47-33)28-6-3-2-4-7-28/h2-4,6-7,10-13,36-41H,5,8-9,14-26H2,1H3,(H,42,48)(H,43,49). The van der Waals surface area contributed by atoms with Crippen LogP contribution in [0.5, 0.6) is 0 Å². The molecule has 3 aliphatic rings. The van der Waals surface area contributed by atoms with Crippen molar-refractivity contribution in [2.24, 2.45) is 5.41 Å². The average Bonchev–Trinajstić information content (AvgIpc) is 3.12. The summed E-state index contributed by atoms with van der Waals surface area (Å²) in [5, 5.41) is 44.7. The molecule has 8 N–H and O–H groups in total. The predicted octanol–water partition coefficient (Wildman–Crippen LogP) is -0.187. The van der Waals surface area contributed by atoms with Gasteiger partial charge in [-0.25, -0.2) is 0 Å². The van der Waals surface area contributed by atoms with E-state index in [1.807, 2.05) is 54.6 Å². The number of carbonyl (C=O) groups is 2. The number of benzene rings is 2. The molecule has 49 heavy (non-hydrogen) atoms. The monoisotopic (exact) mass is 672 g/mol. The van der Waals surface area contributed by atoms with E-state index >= 15 is 0 Å². The van der Waals surface area contributed by atoms with Crippen LogP contribution in [0, 0.1) is 5.41 Å². The van der Waals surface area contributed by atoms with Gasteiger partial charge in [0.05, 0.1) is 5.54 Å². The van der Waals surface area contributed by atoms with E-state index in [9.17, 15) is 9.59 Å². The van der Waals surface area contributed by atoms with Gasteiger partial charge in [0.1, 0.15) is 0 Å². The Hall–Kier alpha value is -3.92. The number of hydrogen-bond donors (Lipinski definition) is 8. The van der Waals surface area contributed by atoms with Crippen LogP contribution < -0.4 is 42.5 Å². The molecular formula is C35H52N12O2. The van der Waals surface area contributed by atoms with Crippen LogP contribution in [-0.2, 0) is 16.1 Å². The quantitative estimate of drug-likeness (QED) is 0.150. The normalized spacial score (nSPS) is 22.8. The fourth-order valence-electron chi connectivity index (χ4n) is 6.07. The Morgan fingerprint density at radius 3 is 1.57 bits per heavy atom. The number of aromatic nitrogens is 4. The zero-order chi connectivity index (χ0) is 34.2. The van der Waals surface area contributed by atoms with Gasteiger partial charge in [0, 0.05) is 114 Å². The summed E-state index contributed by atoms with van der Waals surface area (Å²) in [6, 6.07) is 17.2. The molecule has 14 nitrogen and oxygen atoms in total. The van der Waals surface area contributed by atoms with E-state index in [0.717, 1.165) is 75.6 Å². The zero-order valence-corrected chi connectivity index (χ0v) is 28.6. The van der Waals surface area contributed by atoms with E-state index in [-0.39, 0.29) is 30.1 Å². The minimum Gasteiger partial charge on any atom is -0.352 e. The van der Waals surface area contributed by atoms with Crippen LogP contribution in [0.15, 0.2) is 54.6 Å². The van der Waals surface area contributed by atoms with Gasteiger partial charge >= 0.3 is 0 Å². The lowest BCUT2D eigenvalue weighted by Gasteiger charge is -2.37. The van der Waals surface area contributed by atoms with Crippen molar-refractivity contribution in [3.8, 4) is 22.8 Å². The summed E-state index contributed by atoms with van der Waals surface area (Å²) in [6.45, 7) is 12.4. The molecule has 2 bridgehead atoms. The molecule has 0 atom stereocenters. The van der Waals surface area contributed by atoms with E-state index in [1.54, 1.807) is 0 Å². The smallest absolute Gasteiger partial charge is 0.220 e. The molecule has 2 aromatic carbocycles. The molecule has 0 radical (unpaired) electrons. The number of fused-ring (bicyclic) bond motifs is 15. The molecule has 3 aromatic rings. The Labute approximate surface area is 289 Å². The van der Waals surface area contributed by atoms with Gasteiger partial charge in [0.25, 0.3) is 0 Å². The first-order valence-corrected chi connectivity index (χ1v) is 17.5. The Kier molecular flexibility index (Phi) is 13.9. The second-order valence-electron chi connectivity index (χ2n) is 13.4. The van der Waals surface area contributed by atoms with Gasteiger partial charge < -0.3 is 42.5 Å². The van der Waals surface area contributed by atoms with Crippen molar-refractivity contribution in [3.63, 3.8) is 0 Å². The molecular weight excluding hydrogens is 620 g/mol. The second kappa shape index (κ2) is 18.7. The zero-order valence-electron chi connectivity index (χ0n) is 28.6. The summed E-state index contributed by atoms with van der Waals surface area (Å²) in [5.41, 5.74) is 2.21. The summed E-state index contributed by atoms with van der Waals surface area (Å²) in [7, 11) is 0. The van der Waals surface area contributed by atoms with Crippen molar-refractivity contribution < 1.29 is 9.59 Å². The molecule has 2 amide bonds. The molecule has 3 saturated heterocycles. The maximum Gasteiger partial charge on any atom is 0.220 e. The van der Waals surface area contributed by atoms with Crippen LogP contribution in [-0.4, -0.2) is 116 Å². The largest absolute Gasteiger partial charge is 0.352 e. The van der Waals surface area contributed by atoms with Crippen LogP contribution in [0.2, 0.25) is 0 Å². The molecule has 4 heterocycles. The van der Waals surface area contributed by atoms with Crippen LogP contribution in [0.1, 0.15) is 31.7 Å². The highest BCUT2D eigenvalue weighted by atomic mass is 16.2. The van der Waals surface area contributed by atoms with Crippen LogP contribution in [0.25, 0.3) is 22.8 Å². The minimum absolute atomic E-state index is 0.0517. The van der Waals surface area contributed by atoms with Crippen molar-refractivity contribution in [2.75, 3.05) is 78.5 Å². The third-order valence-electron chi connectivity index (χ3n) is 8.91. The summed E-state index contributed by atoms with van der Waals surface area (Å²) in [4.78, 5) is 25.9. The van der Waals surface area contributed by atoms with Gasteiger partial charge in [0.2, 0.25) is 23.5 Å². The molecule has 1 aromatic heterocycles. The van der Waals surface area contributed by atoms with E-state index in [2.05, 4.69) is 69.9 Å². The Bertz CT molecular complexity index is 1400. The van der Waals surface area contributed by atoms with Gasteiger partial charge in [-0.1, -0.05) is 61.5 Å². The highest BCUT2D eigenvalue weighted by Crippen LogP contribution is 2.17. The van der Waals surface area contributed by atoms with Gasteiger partial charge in [-0.15, -0.1) is 20.4 Å². The highest BCUT2D eigenvalue weighted by molar-refractivity contribution is 5.79. The Morgan fingerprint density at radius 2 is 1.06 bits per heavy atom. The summed E-state index contributed by atoms with van der Waals surface area (Å²) < 4.78 is 0. The lowest BCUT2D eigenvalue weighted by atomic mass is 9.90. The van der Waals surface area contributed by atoms with E-state index in [4.69, 9.17) is 0 Å². The van der Waals surface area contributed by atoms with Crippen LogP contribution in [0.4, 0.5) is 0 Å². The number of carbonyl (C=O) groups excluding carboxylic acids is 2. The van der Waals surface area contributed by atoms with Crippen molar-refractivity contribution in [1.29, 1.82) is 0 Å². The lowest BCUT2D eigenvalue weighted by Crippen LogP contribution is -2.66. The van der Waals surface area contributed by atoms with Gasteiger partial charge in [-0.05, 0) is 12.0 Å². The molecule has 0 aliphatic carbocycles. The number of hydrogen-bond acceptors (Lipinski definition) is 12. The van der Waals surface area contributed by atoms with Crippen molar-refractivity contribution in [3.05, 3.63) is 60.2 Å². The summed E-state index contributed by atoms with van der Waals surface area (Å²) in [5.74, 6) is 0.764. The second-order valence-corrected chi connectivity index (χ2v) is 13.4. The SMILES string of the molecule is CC12CNCCNCC(NC(=O)CCCC(=O)NCc3ccc(-c4nnc(-c5ccccc5)nn4)cc3)(CNCCNC1)CNCCNC2. The molecule has 6 rings (SSSR count). The predicted molar refractivity (Wildman–Crippen MR) is 190 cm³/mol. The third kappa shape index (κ3) is 11.9. The van der Waals surface area contributed by atoms with Crippen molar-refractivity contribution in [2.45, 2.75) is 38.3 Å². The van der Waals surface area contributed by atoms with E-state index in [1.165, 1.54) is 0 Å². The molecule has 0 spiro atoms. The minimum atomic E-state index is -0.505. The number of rotatable bonds is 9. The molecule has 0 unspecified atom stereocenters. The maximum atomic E-state index is 13.2. The fourth-order valence-corrected chi connectivity index (χ4v) is 6.07. The lowest BCUT2D eigenvalue weighted by molar-refractivity contribution is -0.123. The molecule has 264 valence electrons. The fraction of sp³-hybridized carbons (Fsp3) is 0.543. The first-order chi connectivity index (χ1) is 23.9. The van der Waals surface area contributed by atoms with E-state index < -0.39 is 5.54 Å². The third-order valence-corrected chi connectivity index (χ3v) is 8.91. The van der Waals surface area contributed by atoms with Crippen molar-refractivity contribution >= 4 is 11.8 Å². The molecule has 3 fully saturated rings. The summed E-state index contributed by atoms with van der Waals surface area (Å²) in [6.07, 6.45) is 1.01. The van der Waals surface area contributed by atoms with Gasteiger partial charge in [-0.3, -0.25) is 9.59 Å². The van der Waals surface area contributed by atoms with Gasteiger partial charge in [0.15, 0.2) is 0 Å². The molecule has 14 heteroatoms. The number of amides is 2. The van der Waals surface area contributed by atoms with Gasteiger partial charge in [-0.2, -0.15) is 0 Å². The summed E-state index contributed by atoms with van der Waals surface area (Å²) >= 11 is 0. The van der Waals surface area contributed by atoms with E-state index in [0.29, 0.717) is 44.2 Å². The first-order valence-electron chi connectivity index (χ1n) is 17.5. The first kappa shape index (κ1) is 36.4. The topological polar surface area (TPSA) is 182 Å². The molecule has 3 aliphatic heterocycles. The number of nitrogens with one attached hydrogen (secondary N) is 8.